The number of anilines is 1. The van der Waals surface area contributed by atoms with E-state index in [1.807, 2.05) is 24.3 Å². The topological polar surface area (TPSA) is 118 Å². The van der Waals surface area contributed by atoms with E-state index in [9.17, 15) is 14.9 Å². The molecule has 2 aliphatic heterocycles. The van der Waals surface area contributed by atoms with Gasteiger partial charge in [-0.15, -0.1) is 0 Å². The number of imidazole rings is 1. The quantitative estimate of drug-likeness (QED) is 0.568. The van der Waals surface area contributed by atoms with Crippen LogP contribution in [-0.4, -0.2) is 53.4 Å². The summed E-state index contributed by atoms with van der Waals surface area (Å²) in [5.41, 5.74) is 10.2. The Hall–Kier alpha value is -3.61. The summed E-state index contributed by atoms with van der Waals surface area (Å²) >= 11 is 0. The number of ether oxygens (including phenoxy) is 1. The largest absolute Gasteiger partial charge is 0.381 e. The van der Waals surface area contributed by atoms with Gasteiger partial charge in [-0.05, 0) is 49.4 Å². The Balaban J connectivity index is 1.63. The molecule has 9 nitrogen and oxygen atoms in total. The van der Waals surface area contributed by atoms with Gasteiger partial charge in [0, 0.05) is 51.0 Å². The van der Waals surface area contributed by atoms with Crippen LogP contribution < -0.4 is 21.6 Å². The van der Waals surface area contributed by atoms with E-state index in [1.54, 1.807) is 28.3 Å². The molecule has 3 N–H and O–H groups in total. The number of hydrogen-bond acceptors (Lipinski definition) is 6. The number of benzene rings is 2. The first-order valence-corrected chi connectivity index (χ1v) is 12.6. The summed E-state index contributed by atoms with van der Waals surface area (Å²) in [5.74, 6) is -0.151. The Morgan fingerprint density at radius 2 is 2.00 bits per heavy atom. The lowest BCUT2D eigenvalue weighted by Crippen LogP contribution is -2.43. The minimum Gasteiger partial charge on any atom is -0.381 e. The van der Waals surface area contributed by atoms with Crippen molar-refractivity contribution in [3.05, 3.63) is 63.6 Å². The van der Waals surface area contributed by atoms with Gasteiger partial charge in [0.05, 0.1) is 34.9 Å². The average Bonchev–Trinajstić information content (AvgIpc) is 3.14. The molecule has 0 bridgehead atoms. The summed E-state index contributed by atoms with van der Waals surface area (Å²) in [4.78, 5) is 29.0. The highest BCUT2D eigenvalue weighted by atomic mass is 16.5. The van der Waals surface area contributed by atoms with E-state index in [1.165, 1.54) is 0 Å². The maximum atomic E-state index is 13.5. The molecular weight excluding hydrogens is 456 g/mol. The number of fused-ring (bicyclic) bond motifs is 1. The molecule has 3 heterocycles. The van der Waals surface area contributed by atoms with Crippen LogP contribution in [0.15, 0.2) is 41.2 Å². The molecule has 36 heavy (non-hydrogen) atoms. The SMILES string of the molecule is Cn1c(=O)n(Cc2ccccc2C#N)c2c(N3CCC[C@@H](N)C3)cc(C(=O)NC3CCOCC3)cc21. The Labute approximate surface area is 210 Å². The lowest BCUT2D eigenvalue weighted by Gasteiger charge is -2.33. The Morgan fingerprint density at radius 3 is 2.75 bits per heavy atom. The van der Waals surface area contributed by atoms with Gasteiger partial charge >= 0.3 is 5.69 Å². The lowest BCUT2D eigenvalue weighted by atomic mass is 10.0. The van der Waals surface area contributed by atoms with Crippen LogP contribution in [0.1, 0.15) is 47.2 Å². The van der Waals surface area contributed by atoms with E-state index in [0.29, 0.717) is 36.4 Å². The molecule has 3 aromatic rings. The third-order valence-corrected chi connectivity index (χ3v) is 7.30. The second-order valence-electron chi connectivity index (χ2n) is 9.77. The fraction of sp³-hybridized carbons (Fsp3) is 0.444. The lowest BCUT2D eigenvalue weighted by molar-refractivity contribution is 0.0696. The normalized spacial score (nSPS) is 18.8. The van der Waals surface area contributed by atoms with E-state index in [0.717, 1.165) is 49.0 Å². The summed E-state index contributed by atoms with van der Waals surface area (Å²) in [6, 6.07) is 13.3. The smallest absolute Gasteiger partial charge is 0.329 e. The summed E-state index contributed by atoms with van der Waals surface area (Å²) < 4.78 is 8.72. The van der Waals surface area contributed by atoms with E-state index in [4.69, 9.17) is 10.5 Å². The van der Waals surface area contributed by atoms with E-state index in [-0.39, 0.29) is 30.2 Å². The van der Waals surface area contributed by atoms with Gasteiger partial charge in [-0.1, -0.05) is 18.2 Å². The van der Waals surface area contributed by atoms with Crippen LogP contribution in [0.4, 0.5) is 5.69 Å². The maximum absolute atomic E-state index is 13.5. The minimum absolute atomic E-state index is 0.0247. The van der Waals surface area contributed by atoms with Gasteiger partial charge in [0.2, 0.25) is 0 Å². The summed E-state index contributed by atoms with van der Waals surface area (Å²) in [6.45, 7) is 3.00. The van der Waals surface area contributed by atoms with Crippen molar-refractivity contribution in [1.82, 2.24) is 14.5 Å². The zero-order valence-corrected chi connectivity index (χ0v) is 20.6. The van der Waals surface area contributed by atoms with Crippen LogP contribution in [0.2, 0.25) is 0 Å². The van der Waals surface area contributed by atoms with Crippen molar-refractivity contribution in [3.63, 3.8) is 0 Å². The molecule has 0 unspecified atom stereocenters. The molecule has 0 aliphatic carbocycles. The first kappa shape index (κ1) is 24.1. The molecule has 1 amide bonds. The van der Waals surface area contributed by atoms with E-state index < -0.39 is 0 Å². The predicted molar refractivity (Wildman–Crippen MR) is 138 cm³/mol. The molecule has 2 aliphatic rings. The van der Waals surface area contributed by atoms with Gasteiger partial charge in [-0.2, -0.15) is 5.26 Å². The standard InChI is InChI=1S/C27H32N6O3/c1-31-23-13-20(26(34)30-22-8-11-36-12-9-22)14-24(32-10-4-7-21(29)17-32)25(23)33(27(31)35)16-19-6-3-2-5-18(19)15-28/h2-3,5-6,13-14,21-22H,4,7-12,16-17,29H2,1H3,(H,30,34)/t21-/m1/s1. The molecule has 1 aromatic heterocycles. The van der Waals surface area contributed by atoms with Crippen molar-refractivity contribution in [3.8, 4) is 6.07 Å². The predicted octanol–water partition coefficient (Wildman–Crippen LogP) is 2.10. The van der Waals surface area contributed by atoms with Gasteiger partial charge in [0.1, 0.15) is 0 Å². The van der Waals surface area contributed by atoms with Crippen molar-refractivity contribution in [2.45, 2.75) is 44.3 Å². The van der Waals surface area contributed by atoms with Crippen LogP contribution >= 0.6 is 0 Å². The number of carbonyl (C=O) groups is 1. The number of piperidine rings is 1. The highest BCUT2D eigenvalue weighted by Gasteiger charge is 2.26. The molecule has 5 rings (SSSR count). The van der Waals surface area contributed by atoms with Crippen molar-refractivity contribution in [2.75, 3.05) is 31.2 Å². The number of nitriles is 1. The van der Waals surface area contributed by atoms with Crippen LogP contribution in [0.5, 0.6) is 0 Å². The molecule has 1 atom stereocenters. The van der Waals surface area contributed by atoms with Crippen molar-refractivity contribution >= 4 is 22.6 Å². The zero-order chi connectivity index (χ0) is 25.2. The fourth-order valence-electron chi connectivity index (χ4n) is 5.31. The Bertz CT molecular complexity index is 1380. The average molecular weight is 489 g/mol. The Morgan fingerprint density at radius 1 is 1.22 bits per heavy atom. The summed E-state index contributed by atoms with van der Waals surface area (Å²) in [6.07, 6.45) is 3.46. The molecule has 188 valence electrons. The number of nitrogens with one attached hydrogen (secondary N) is 1. The highest BCUT2D eigenvalue weighted by molar-refractivity contribution is 6.02. The van der Waals surface area contributed by atoms with Crippen molar-refractivity contribution in [1.29, 1.82) is 5.26 Å². The number of hydrogen-bond donors (Lipinski definition) is 2. The third kappa shape index (κ3) is 4.62. The van der Waals surface area contributed by atoms with Gasteiger partial charge < -0.3 is 20.7 Å². The first-order valence-electron chi connectivity index (χ1n) is 12.6. The van der Waals surface area contributed by atoms with Crippen molar-refractivity contribution < 1.29 is 9.53 Å². The number of amides is 1. The van der Waals surface area contributed by atoms with Crippen molar-refractivity contribution in [2.24, 2.45) is 12.8 Å². The van der Waals surface area contributed by atoms with Gasteiger partial charge in [-0.25, -0.2) is 4.79 Å². The van der Waals surface area contributed by atoms with Gasteiger partial charge in [0.25, 0.3) is 5.91 Å². The highest BCUT2D eigenvalue weighted by Crippen LogP contribution is 2.31. The van der Waals surface area contributed by atoms with Crippen LogP contribution in [-0.2, 0) is 18.3 Å². The summed E-state index contributed by atoms with van der Waals surface area (Å²) in [5, 5.41) is 12.7. The zero-order valence-electron chi connectivity index (χ0n) is 20.6. The molecule has 2 fully saturated rings. The molecule has 0 radical (unpaired) electrons. The second kappa shape index (κ2) is 10.2. The third-order valence-electron chi connectivity index (χ3n) is 7.30. The monoisotopic (exact) mass is 488 g/mol. The first-order chi connectivity index (χ1) is 17.5. The molecule has 0 saturated carbocycles. The van der Waals surface area contributed by atoms with Crippen LogP contribution in [0.3, 0.4) is 0 Å². The number of rotatable bonds is 5. The molecule has 2 aromatic carbocycles. The molecule has 2 saturated heterocycles. The maximum Gasteiger partial charge on any atom is 0.329 e. The molecule has 9 heteroatoms. The van der Waals surface area contributed by atoms with E-state index in [2.05, 4.69) is 16.3 Å². The van der Waals surface area contributed by atoms with Crippen LogP contribution in [0.25, 0.3) is 11.0 Å². The minimum atomic E-state index is -0.192. The fourth-order valence-corrected chi connectivity index (χ4v) is 5.31. The number of aryl methyl sites for hydroxylation is 1. The number of aromatic nitrogens is 2. The van der Waals surface area contributed by atoms with Crippen LogP contribution in [0, 0.1) is 11.3 Å². The van der Waals surface area contributed by atoms with E-state index >= 15 is 0 Å². The second-order valence-corrected chi connectivity index (χ2v) is 9.77. The summed E-state index contributed by atoms with van der Waals surface area (Å²) in [7, 11) is 1.73. The van der Waals surface area contributed by atoms with Gasteiger partial charge in [-0.3, -0.25) is 13.9 Å². The molecule has 0 spiro atoms. The molecular formula is C27H32N6O3. The number of nitrogens with two attached hydrogens (primary N) is 1. The Kier molecular flexibility index (Phi) is 6.81. The number of nitrogens with zero attached hydrogens (tertiary/aromatic N) is 4. The number of carbonyl (C=O) groups excluding carboxylic acids is 1. The van der Waals surface area contributed by atoms with Gasteiger partial charge in [0.15, 0.2) is 0 Å².